The minimum absolute atomic E-state index is 0.0597. The van der Waals surface area contributed by atoms with E-state index in [1.165, 1.54) is 0 Å². The van der Waals surface area contributed by atoms with Gasteiger partial charge in [0.15, 0.2) is 0 Å². The number of hydrogen-bond acceptors (Lipinski definition) is 6. The summed E-state index contributed by atoms with van der Waals surface area (Å²) >= 11 is 0. The van der Waals surface area contributed by atoms with E-state index in [4.69, 9.17) is 14.2 Å². The Labute approximate surface area is 159 Å². The van der Waals surface area contributed by atoms with Crippen LogP contribution in [0, 0.1) is 13.8 Å². The zero-order valence-corrected chi connectivity index (χ0v) is 16.2. The molecule has 0 saturated carbocycles. The van der Waals surface area contributed by atoms with Gasteiger partial charge in [-0.2, -0.15) is 4.98 Å². The van der Waals surface area contributed by atoms with Crippen LogP contribution in [-0.4, -0.2) is 54.2 Å². The molecule has 1 aromatic heterocycles. The number of carbonyl (C=O) groups excluding carboxylic acids is 1. The van der Waals surface area contributed by atoms with Crippen LogP contribution >= 0.6 is 0 Å². The van der Waals surface area contributed by atoms with E-state index >= 15 is 0 Å². The molecule has 1 saturated heterocycles. The van der Waals surface area contributed by atoms with Gasteiger partial charge in [-0.1, -0.05) is 0 Å². The average Bonchev–Trinajstić information content (AvgIpc) is 2.66. The lowest BCUT2D eigenvalue weighted by molar-refractivity contribution is 0.0526. The fourth-order valence-corrected chi connectivity index (χ4v) is 3.25. The van der Waals surface area contributed by atoms with Crippen LogP contribution < -0.4 is 14.2 Å². The number of benzene rings is 1. The number of likely N-dealkylation sites (tertiary alicyclic amines) is 1. The number of carbonyl (C=O) groups is 1. The predicted octanol–water partition coefficient (Wildman–Crippen LogP) is 2.79. The molecule has 7 nitrogen and oxygen atoms in total. The second-order valence-corrected chi connectivity index (χ2v) is 6.63. The van der Waals surface area contributed by atoms with Crippen molar-refractivity contribution in [2.75, 3.05) is 27.3 Å². The van der Waals surface area contributed by atoms with Gasteiger partial charge in [0.05, 0.1) is 20.8 Å². The number of hydrogen-bond donors (Lipinski definition) is 0. The first-order valence-corrected chi connectivity index (χ1v) is 9.00. The van der Waals surface area contributed by atoms with Crippen molar-refractivity contribution in [3.05, 3.63) is 41.3 Å². The molecule has 7 heteroatoms. The van der Waals surface area contributed by atoms with E-state index in [0.717, 1.165) is 18.5 Å². The molecule has 27 heavy (non-hydrogen) atoms. The second-order valence-electron chi connectivity index (χ2n) is 6.63. The highest BCUT2D eigenvalue weighted by molar-refractivity contribution is 5.95. The third-order valence-corrected chi connectivity index (χ3v) is 4.49. The molecule has 2 aromatic rings. The Morgan fingerprint density at radius 1 is 1.07 bits per heavy atom. The Morgan fingerprint density at radius 3 is 2.41 bits per heavy atom. The summed E-state index contributed by atoms with van der Waals surface area (Å²) in [5.41, 5.74) is 1.41. The molecule has 1 unspecified atom stereocenters. The molecule has 0 aliphatic carbocycles. The van der Waals surface area contributed by atoms with E-state index < -0.39 is 0 Å². The molecule has 3 rings (SSSR count). The molecule has 1 aliphatic rings. The lowest BCUT2D eigenvalue weighted by atomic mass is 10.1. The highest BCUT2D eigenvalue weighted by atomic mass is 16.5. The molecule has 1 amide bonds. The van der Waals surface area contributed by atoms with Gasteiger partial charge in [-0.15, -0.1) is 0 Å². The standard InChI is InChI=1S/C20H25N3O4/c1-13-8-19(22-14(2)21-13)27-16-6-5-7-23(12-16)20(24)15-9-17(25-3)11-18(10-15)26-4/h8-11,16H,5-7,12H2,1-4H3. The van der Waals surface area contributed by atoms with Gasteiger partial charge in [-0.25, -0.2) is 4.98 Å². The molecule has 1 atom stereocenters. The van der Waals surface area contributed by atoms with Gasteiger partial charge < -0.3 is 19.1 Å². The zero-order valence-electron chi connectivity index (χ0n) is 16.2. The largest absolute Gasteiger partial charge is 0.497 e. The van der Waals surface area contributed by atoms with E-state index in [-0.39, 0.29) is 12.0 Å². The fraction of sp³-hybridized carbons (Fsp3) is 0.450. The van der Waals surface area contributed by atoms with E-state index in [1.807, 2.05) is 24.8 Å². The summed E-state index contributed by atoms with van der Waals surface area (Å²) in [5, 5.41) is 0. The smallest absolute Gasteiger partial charge is 0.254 e. The van der Waals surface area contributed by atoms with E-state index in [9.17, 15) is 4.79 Å². The number of piperidine rings is 1. The second kappa shape index (κ2) is 8.24. The molecular formula is C20H25N3O4. The Hall–Kier alpha value is -2.83. The van der Waals surface area contributed by atoms with Crippen molar-refractivity contribution in [1.29, 1.82) is 0 Å². The number of nitrogens with zero attached hydrogens (tertiary/aromatic N) is 3. The molecular weight excluding hydrogens is 346 g/mol. The van der Waals surface area contributed by atoms with Crippen LogP contribution in [0.5, 0.6) is 17.4 Å². The summed E-state index contributed by atoms with van der Waals surface area (Å²) in [6, 6.07) is 7.03. The first-order chi connectivity index (χ1) is 13.0. The van der Waals surface area contributed by atoms with Crippen LogP contribution in [0.3, 0.4) is 0 Å². The third kappa shape index (κ3) is 4.67. The lowest BCUT2D eigenvalue weighted by Crippen LogP contribution is -2.44. The van der Waals surface area contributed by atoms with Crippen molar-refractivity contribution in [2.24, 2.45) is 0 Å². The van der Waals surface area contributed by atoms with Crippen molar-refractivity contribution in [1.82, 2.24) is 14.9 Å². The van der Waals surface area contributed by atoms with Crippen LogP contribution in [0.25, 0.3) is 0 Å². The van der Waals surface area contributed by atoms with Crippen molar-refractivity contribution in [3.8, 4) is 17.4 Å². The third-order valence-electron chi connectivity index (χ3n) is 4.49. The summed E-state index contributed by atoms with van der Waals surface area (Å²) < 4.78 is 16.6. The SMILES string of the molecule is COc1cc(OC)cc(C(=O)N2CCCC(Oc3cc(C)nc(C)n3)C2)c1. The fourth-order valence-electron chi connectivity index (χ4n) is 3.25. The number of aromatic nitrogens is 2. The monoisotopic (exact) mass is 371 g/mol. The molecule has 1 aliphatic heterocycles. The lowest BCUT2D eigenvalue weighted by Gasteiger charge is -2.32. The highest BCUT2D eigenvalue weighted by Gasteiger charge is 2.26. The van der Waals surface area contributed by atoms with Crippen LogP contribution in [-0.2, 0) is 0 Å². The zero-order chi connectivity index (χ0) is 19.4. The molecule has 0 bridgehead atoms. The van der Waals surface area contributed by atoms with Crippen LogP contribution in [0.15, 0.2) is 24.3 Å². The first-order valence-electron chi connectivity index (χ1n) is 9.00. The average molecular weight is 371 g/mol. The van der Waals surface area contributed by atoms with Gasteiger partial charge in [-0.05, 0) is 38.8 Å². The molecule has 1 aromatic carbocycles. The Morgan fingerprint density at radius 2 is 1.78 bits per heavy atom. The summed E-state index contributed by atoms with van der Waals surface area (Å²) in [4.78, 5) is 23.4. The van der Waals surface area contributed by atoms with Gasteiger partial charge in [0, 0.05) is 29.9 Å². The van der Waals surface area contributed by atoms with E-state index in [1.54, 1.807) is 32.4 Å². The number of rotatable bonds is 5. The van der Waals surface area contributed by atoms with E-state index in [2.05, 4.69) is 9.97 Å². The summed E-state index contributed by atoms with van der Waals surface area (Å²) in [5.74, 6) is 2.36. The van der Waals surface area contributed by atoms with Gasteiger partial charge >= 0.3 is 0 Å². The summed E-state index contributed by atoms with van der Waals surface area (Å²) in [7, 11) is 3.14. The number of methoxy groups -OCH3 is 2. The Bertz CT molecular complexity index is 782. The molecule has 2 heterocycles. The maximum Gasteiger partial charge on any atom is 0.254 e. The maximum atomic E-state index is 13.0. The van der Waals surface area contributed by atoms with Crippen LogP contribution in [0.2, 0.25) is 0 Å². The van der Waals surface area contributed by atoms with Gasteiger partial charge in [0.2, 0.25) is 5.88 Å². The molecule has 1 fully saturated rings. The van der Waals surface area contributed by atoms with Crippen LogP contribution in [0.4, 0.5) is 0 Å². The highest BCUT2D eigenvalue weighted by Crippen LogP contribution is 2.25. The first kappa shape index (κ1) is 18.9. The minimum atomic E-state index is -0.0936. The summed E-state index contributed by atoms with van der Waals surface area (Å²) in [6.45, 7) is 4.96. The molecule has 0 spiro atoms. The quantitative estimate of drug-likeness (QED) is 0.805. The van der Waals surface area contributed by atoms with Crippen molar-refractivity contribution >= 4 is 5.91 Å². The number of ether oxygens (including phenoxy) is 3. The minimum Gasteiger partial charge on any atom is -0.497 e. The van der Waals surface area contributed by atoms with Gasteiger partial charge in [0.25, 0.3) is 5.91 Å². The topological polar surface area (TPSA) is 73.8 Å². The normalized spacial score (nSPS) is 16.7. The van der Waals surface area contributed by atoms with Crippen LogP contribution in [0.1, 0.15) is 34.7 Å². The van der Waals surface area contributed by atoms with Crippen molar-refractivity contribution in [2.45, 2.75) is 32.8 Å². The predicted molar refractivity (Wildman–Crippen MR) is 101 cm³/mol. The maximum absolute atomic E-state index is 13.0. The molecule has 0 N–H and O–H groups in total. The Kier molecular flexibility index (Phi) is 5.78. The summed E-state index contributed by atoms with van der Waals surface area (Å²) in [6.07, 6.45) is 1.66. The van der Waals surface area contributed by atoms with E-state index in [0.29, 0.717) is 41.9 Å². The molecule has 144 valence electrons. The van der Waals surface area contributed by atoms with Gasteiger partial charge in [0.1, 0.15) is 23.4 Å². The van der Waals surface area contributed by atoms with Crippen molar-refractivity contribution in [3.63, 3.8) is 0 Å². The Balaban J connectivity index is 1.73. The molecule has 0 radical (unpaired) electrons. The van der Waals surface area contributed by atoms with Gasteiger partial charge in [-0.3, -0.25) is 4.79 Å². The van der Waals surface area contributed by atoms with Crippen molar-refractivity contribution < 1.29 is 19.0 Å². The number of amides is 1. The number of aryl methyl sites for hydroxylation is 2.